The van der Waals surface area contributed by atoms with Gasteiger partial charge in [-0.3, -0.25) is 4.79 Å². The molecule has 4 aromatic rings. The summed E-state index contributed by atoms with van der Waals surface area (Å²) in [5, 5.41) is 4.95. The molecule has 0 saturated carbocycles. The fraction of sp³-hybridized carbons (Fsp3) is 0.0435. The van der Waals surface area contributed by atoms with Crippen molar-refractivity contribution in [3.05, 3.63) is 82.5 Å². The molecule has 1 amide bonds. The number of benzene rings is 3. The molecule has 0 spiro atoms. The van der Waals surface area contributed by atoms with E-state index in [4.69, 9.17) is 32.7 Å². The van der Waals surface area contributed by atoms with Gasteiger partial charge in [0.05, 0.1) is 5.52 Å². The lowest BCUT2D eigenvalue weighted by Gasteiger charge is -2.11. The standard InChI is InChI=1S/C23H14Cl2N2O3/c24-14-3-1-13(2-4-14)17-11-20(27-19-7-5-15(25)9-18(17)19)23(28)26-16-6-8-21-22(10-16)30-12-29-21/h1-11H,12H2,(H,26,28). The van der Waals surface area contributed by atoms with Gasteiger partial charge in [-0.05, 0) is 59.7 Å². The number of aromatic nitrogens is 1. The third-order valence-electron chi connectivity index (χ3n) is 4.79. The van der Waals surface area contributed by atoms with Crippen molar-refractivity contribution in [1.29, 1.82) is 0 Å². The van der Waals surface area contributed by atoms with Gasteiger partial charge in [0.25, 0.3) is 5.91 Å². The first-order valence-corrected chi connectivity index (χ1v) is 9.90. The molecule has 0 saturated heterocycles. The molecule has 30 heavy (non-hydrogen) atoms. The van der Waals surface area contributed by atoms with E-state index in [9.17, 15) is 4.79 Å². The fourth-order valence-electron chi connectivity index (χ4n) is 3.35. The van der Waals surface area contributed by atoms with Crippen LogP contribution in [0.3, 0.4) is 0 Å². The van der Waals surface area contributed by atoms with E-state index >= 15 is 0 Å². The second kappa shape index (κ2) is 7.52. The lowest BCUT2D eigenvalue weighted by atomic mass is 10.00. The van der Waals surface area contributed by atoms with Gasteiger partial charge in [0.15, 0.2) is 11.5 Å². The summed E-state index contributed by atoms with van der Waals surface area (Å²) in [4.78, 5) is 17.5. The predicted molar refractivity (Wildman–Crippen MR) is 118 cm³/mol. The van der Waals surface area contributed by atoms with Gasteiger partial charge in [0.1, 0.15) is 5.69 Å². The number of carbonyl (C=O) groups is 1. The second-order valence-electron chi connectivity index (χ2n) is 6.75. The highest BCUT2D eigenvalue weighted by Gasteiger charge is 2.17. The van der Waals surface area contributed by atoms with Crippen molar-refractivity contribution in [2.45, 2.75) is 0 Å². The summed E-state index contributed by atoms with van der Waals surface area (Å²) in [6.45, 7) is 0.173. The van der Waals surface area contributed by atoms with Crippen LogP contribution in [0.1, 0.15) is 10.5 Å². The van der Waals surface area contributed by atoms with Gasteiger partial charge in [-0.25, -0.2) is 4.98 Å². The van der Waals surface area contributed by atoms with Crippen molar-refractivity contribution in [3.8, 4) is 22.6 Å². The number of nitrogens with zero attached hydrogens (tertiary/aromatic N) is 1. The van der Waals surface area contributed by atoms with Crippen molar-refractivity contribution < 1.29 is 14.3 Å². The van der Waals surface area contributed by atoms with E-state index < -0.39 is 0 Å². The molecule has 0 unspecified atom stereocenters. The smallest absolute Gasteiger partial charge is 0.274 e. The maximum atomic E-state index is 13.0. The third-order valence-corrected chi connectivity index (χ3v) is 5.28. The zero-order valence-corrected chi connectivity index (χ0v) is 17.0. The van der Waals surface area contributed by atoms with E-state index in [1.54, 1.807) is 48.5 Å². The first kappa shape index (κ1) is 18.7. The average molecular weight is 437 g/mol. The quantitative estimate of drug-likeness (QED) is 0.415. The van der Waals surface area contributed by atoms with Crippen LogP contribution in [0.4, 0.5) is 5.69 Å². The van der Waals surface area contributed by atoms with Gasteiger partial charge in [0, 0.05) is 27.2 Å². The van der Waals surface area contributed by atoms with Gasteiger partial charge in [-0.15, -0.1) is 0 Å². The van der Waals surface area contributed by atoms with Crippen LogP contribution in [0, 0.1) is 0 Å². The molecular formula is C23H14Cl2N2O3. The largest absolute Gasteiger partial charge is 0.454 e. The molecule has 5 nitrogen and oxygen atoms in total. The summed E-state index contributed by atoms with van der Waals surface area (Å²) in [5.41, 5.74) is 3.30. The first-order valence-electron chi connectivity index (χ1n) is 9.14. The van der Waals surface area contributed by atoms with Crippen LogP contribution in [0.15, 0.2) is 66.7 Å². The van der Waals surface area contributed by atoms with E-state index in [1.165, 1.54) is 0 Å². The van der Waals surface area contributed by atoms with Gasteiger partial charge >= 0.3 is 0 Å². The predicted octanol–water partition coefficient (Wildman–Crippen LogP) is 6.19. The van der Waals surface area contributed by atoms with Crippen molar-refractivity contribution in [3.63, 3.8) is 0 Å². The maximum Gasteiger partial charge on any atom is 0.274 e. The van der Waals surface area contributed by atoms with Crippen LogP contribution in [0.25, 0.3) is 22.0 Å². The van der Waals surface area contributed by atoms with Crippen molar-refractivity contribution >= 4 is 45.7 Å². The molecule has 7 heteroatoms. The Balaban J connectivity index is 1.56. The Morgan fingerprint density at radius 3 is 2.47 bits per heavy atom. The van der Waals surface area contributed by atoms with Gasteiger partial charge in [-0.2, -0.15) is 0 Å². The maximum absolute atomic E-state index is 13.0. The molecule has 0 radical (unpaired) electrons. The zero-order chi connectivity index (χ0) is 20.7. The lowest BCUT2D eigenvalue weighted by Crippen LogP contribution is -2.14. The van der Waals surface area contributed by atoms with Crippen molar-refractivity contribution in [1.82, 2.24) is 4.98 Å². The molecule has 5 rings (SSSR count). The fourth-order valence-corrected chi connectivity index (χ4v) is 3.65. The summed E-state index contributed by atoms with van der Waals surface area (Å²) in [6, 6.07) is 19.8. The molecule has 1 aliphatic heterocycles. The lowest BCUT2D eigenvalue weighted by molar-refractivity contribution is 0.102. The monoisotopic (exact) mass is 436 g/mol. The SMILES string of the molecule is O=C(Nc1ccc2c(c1)OCO2)c1cc(-c2ccc(Cl)cc2)c2cc(Cl)ccc2n1. The van der Waals surface area contributed by atoms with E-state index in [0.29, 0.717) is 32.7 Å². The zero-order valence-electron chi connectivity index (χ0n) is 15.5. The van der Waals surface area contributed by atoms with Crippen LogP contribution in [0.5, 0.6) is 11.5 Å². The number of hydrogen-bond donors (Lipinski definition) is 1. The van der Waals surface area contributed by atoms with Crippen LogP contribution in [-0.4, -0.2) is 17.7 Å². The number of pyridine rings is 1. The van der Waals surface area contributed by atoms with Crippen molar-refractivity contribution in [2.24, 2.45) is 0 Å². The molecule has 1 aromatic heterocycles. The van der Waals surface area contributed by atoms with Crippen LogP contribution >= 0.6 is 23.2 Å². The minimum absolute atomic E-state index is 0.173. The Morgan fingerprint density at radius 1 is 0.867 bits per heavy atom. The van der Waals surface area contributed by atoms with E-state index in [0.717, 1.165) is 16.5 Å². The molecule has 3 aromatic carbocycles. The third kappa shape index (κ3) is 3.54. The number of amides is 1. The summed E-state index contributed by atoms with van der Waals surface area (Å²) >= 11 is 12.2. The summed E-state index contributed by atoms with van der Waals surface area (Å²) in [6.07, 6.45) is 0. The van der Waals surface area contributed by atoms with Crippen LogP contribution < -0.4 is 14.8 Å². The molecular weight excluding hydrogens is 423 g/mol. The van der Waals surface area contributed by atoms with Gasteiger partial charge < -0.3 is 14.8 Å². The first-order chi connectivity index (χ1) is 14.6. The molecule has 1 N–H and O–H groups in total. The number of carbonyl (C=O) groups excluding carboxylic acids is 1. The Hall–Kier alpha value is -3.28. The highest BCUT2D eigenvalue weighted by Crippen LogP contribution is 2.35. The normalized spacial score (nSPS) is 12.2. The van der Waals surface area contributed by atoms with E-state index in [2.05, 4.69) is 10.3 Å². The number of hydrogen-bond acceptors (Lipinski definition) is 4. The van der Waals surface area contributed by atoms with Gasteiger partial charge in [0.2, 0.25) is 6.79 Å². The summed E-state index contributed by atoms with van der Waals surface area (Å²) in [5.74, 6) is 0.912. The Morgan fingerprint density at radius 2 is 1.63 bits per heavy atom. The minimum Gasteiger partial charge on any atom is -0.454 e. The Bertz CT molecular complexity index is 1290. The molecule has 148 valence electrons. The number of halogens is 2. The number of fused-ring (bicyclic) bond motifs is 2. The highest BCUT2D eigenvalue weighted by molar-refractivity contribution is 6.31. The van der Waals surface area contributed by atoms with Gasteiger partial charge in [-0.1, -0.05) is 35.3 Å². The Labute approximate surface area is 182 Å². The van der Waals surface area contributed by atoms with E-state index in [1.807, 2.05) is 18.2 Å². The van der Waals surface area contributed by atoms with Crippen molar-refractivity contribution in [2.75, 3.05) is 12.1 Å². The van der Waals surface area contributed by atoms with Crippen LogP contribution in [-0.2, 0) is 0 Å². The topological polar surface area (TPSA) is 60.5 Å². The summed E-state index contributed by atoms with van der Waals surface area (Å²) < 4.78 is 10.7. The highest BCUT2D eigenvalue weighted by atomic mass is 35.5. The second-order valence-corrected chi connectivity index (χ2v) is 7.62. The summed E-state index contributed by atoms with van der Waals surface area (Å²) in [7, 11) is 0. The van der Waals surface area contributed by atoms with Crippen LogP contribution in [0.2, 0.25) is 10.0 Å². The van der Waals surface area contributed by atoms with E-state index in [-0.39, 0.29) is 18.4 Å². The molecule has 2 heterocycles. The number of anilines is 1. The molecule has 1 aliphatic rings. The molecule has 0 aliphatic carbocycles. The Kier molecular flexibility index (Phi) is 4.69. The number of rotatable bonds is 3. The minimum atomic E-state index is -0.332. The number of ether oxygens (including phenoxy) is 2. The molecule has 0 bridgehead atoms. The average Bonchev–Trinajstić information content (AvgIpc) is 3.21. The molecule has 0 atom stereocenters. The molecule has 0 fully saturated rings. The number of nitrogens with one attached hydrogen (secondary N) is 1.